The Balaban J connectivity index is 1.10. The maximum atomic E-state index is 6.28. The van der Waals surface area contributed by atoms with Gasteiger partial charge in [-0.05, 0) is 37.1 Å². The minimum atomic E-state index is 0.0195. The number of ether oxygens (including phenoxy) is 5. The summed E-state index contributed by atoms with van der Waals surface area (Å²) in [5, 5.41) is 9.34. The van der Waals surface area contributed by atoms with Crippen LogP contribution in [0.4, 0.5) is 5.82 Å². The Morgan fingerprint density at radius 1 is 0.889 bits per heavy atom. The van der Waals surface area contributed by atoms with Crippen LogP contribution >= 0.6 is 0 Å². The lowest BCUT2D eigenvalue weighted by Gasteiger charge is -2.20. The third kappa shape index (κ3) is 8.96. The Bertz CT molecular complexity index is 1610. The molecule has 240 valence electrons. The summed E-state index contributed by atoms with van der Waals surface area (Å²) in [5.41, 5.74) is 16.1. The van der Waals surface area contributed by atoms with Crippen LogP contribution in [-0.2, 0) is 38.5 Å². The number of imidazole rings is 1. The van der Waals surface area contributed by atoms with Crippen LogP contribution < -0.4 is 16.2 Å². The summed E-state index contributed by atoms with van der Waals surface area (Å²) in [6.45, 7) is 7.63. The topological polar surface area (TPSA) is 160 Å². The first-order valence-electron chi connectivity index (χ1n) is 15.3. The van der Waals surface area contributed by atoms with Crippen LogP contribution in [0.5, 0.6) is 5.75 Å². The molecule has 45 heavy (non-hydrogen) atoms. The van der Waals surface area contributed by atoms with Gasteiger partial charge < -0.3 is 39.7 Å². The first-order valence-corrected chi connectivity index (χ1v) is 15.3. The Morgan fingerprint density at radius 3 is 2.47 bits per heavy atom. The van der Waals surface area contributed by atoms with E-state index in [1.165, 1.54) is 0 Å². The second-order valence-electron chi connectivity index (χ2n) is 10.4. The van der Waals surface area contributed by atoms with Gasteiger partial charge in [-0.3, -0.25) is 0 Å². The van der Waals surface area contributed by atoms with Gasteiger partial charge in [-0.2, -0.15) is 0 Å². The van der Waals surface area contributed by atoms with Crippen molar-refractivity contribution in [2.75, 3.05) is 65.1 Å². The monoisotopic (exact) mass is 618 g/mol. The highest BCUT2D eigenvalue weighted by Crippen LogP contribution is 2.30. The Labute approximate surface area is 262 Å². The molecule has 4 N–H and O–H groups in total. The maximum Gasteiger partial charge on any atom is 0.152 e. The molecule has 1 unspecified atom stereocenters. The fraction of sp³-hybridized carbons (Fsp3) is 0.438. The molecule has 13 nitrogen and oxygen atoms in total. The van der Waals surface area contributed by atoms with Crippen LogP contribution in [0.25, 0.3) is 21.9 Å². The molecular formula is C32H42N8O5. The van der Waals surface area contributed by atoms with Gasteiger partial charge in [0.25, 0.3) is 0 Å². The molecular weight excluding hydrogens is 576 g/mol. The second-order valence-corrected chi connectivity index (χ2v) is 10.4. The zero-order chi connectivity index (χ0) is 31.3. The first-order chi connectivity index (χ1) is 22.2. The molecule has 1 atom stereocenters. The number of hydrogen-bond acceptors (Lipinski definition) is 11. The largest absolute Gasteiger partial charge is 0.492 e. The van der Waals surface area contributed by atoms with Crippen molar-refractivity contribution >= 4 is 27.8 Å². The molecule has 0 spiro atoms. The van der Waals surface area contributed by atoms with Gasteiger partial charge >= 0.3 is 0 Å². The van der Waals surface area contributed by atoms with E-state index in [0.717, 1.165) is 39.8 Å². The number of benzene rings is 2. The fourth-order valence-corrected chi connectivity index (χ4v) is 5.00. The highest BCUT2D eigenvalue weighted by atomic mass is 16.5. The number of fused-ring (bicyclic) bond motifs is 3. The molecule has 5 rings (SSSR count). The average molecular weight is 619 g/mol. The van der Waals surface area contributed by atoms with Gasteiger partial charge in [0.1, 0.15) is 23.6 Å². The van der Waals surface area contributed by atoms with E-state index in [9.17, 15) is 0 Å². The number of nitrogens with zero attached hydrogens (tertiary/aromatic N) is 6. The molecule has 0 aliphatic heterocycles. The van der Waals surface area contributed by atoms with Gasteiger partial charge in [0, 0.05) is 18.5 Å². The van der Waals surface area contributed by atoms with E-state index in [1.807, 2.05) is 49.8 Å². The standard InChI is InChI=1S/C32H42N8O5/c1-2-41-22-26(40-23-35-30-31(40)28-5-3-4-6-29(28)36-32(30)34)19-24-7-9-27(10-8-24)45-14-12-39-20-25(37-38-39)21-44-18-17-43-16-15-42-13-11-33/h3-10,20,23,26H,2,11-19,21-22,33H2,1H3,(H2,34,36). The molecule has 5 aromatic rings. The lowest BCUT2D eigenvalue weighted by molar-refractivity contribution is 0.0113. The van der Waals surface area contributed by atoms with Crippen molar-refractivity contribution in [1.29, 1.82) is 0 Å². The SMILES string of the molecule is CCOCC(Cc1ccc(OCCn2cc(COCCOCCOCCN)nn2)cc1)n1cnc2c(N)nc3ccccc3c21. The van der Waals surface area contributed by atoms with Crippen molar-refractivity contribution < 1.29 is 23.7 Å². The average Bonchev–Trinajstić information content (AvgIpc) is 3.71. The van der Waals surface area contributed by atoms with E-state index in [0.29, 0.717) is 83.9 Å². The first kappa shape index (κ1) is 32.3. The molecule has 0 aliphatic rings. The van der Waals surface area contributed by atoms with Crippen LogP contribution in [0.3, 0.4) is 0 Å². The van der Waals surface area contributed by atoms with Gasteiger partial charge in [-0.25, -0.2) is 14.6 Å². The molecule has 0 amide bonds. The summed E-state index contributed by atoms with van der Waals surface area (Å²) in [7, 11) is 0. The van der Waals surface area contributed by atoms with E-state index in [4.69, 9.17) is 35.2 Å². The smallest absolute Gasteiger partial charge is 0.152 e. The van der Waals surface area contributed by atoms with E-state index in [2.05, 4.69) is 43.0 Å². The Kier molecular flexibility index (Phi) is 12.0. The predicted octanol–water partition coefficient (Wildman–Crippen LogP) is 3.17. The van der Waals surface area contributed by atoms with Crippen LogP contribution in [-0.4, -0.2) is 88.9 Å². The summed E-state index contributed by atoms with van der Waals surface area (Å²) in [6.07, 6.45) is 4.45. The molecule has 0 saturated carbocycles. The van der Waals surface area contributed by atoms with Crippen LogP contribution in [0, 0.1) is 0 Å². The Morgan fingerprint density at radius 2 is 1.67 bits per heavy atom. The van der Waals surface area contributed by atoms with Crippen molar-refractivity contribution in [1.82, 2.24) is 29.5 Å². The number of para-hydroxylation sites is 1. The minimum Gasteiger partial charge on any atom is -0.492 e. The van der Waals surface area contributed by atoms with Crippen LogP contribution in [0.15, 0.2) is 61.1 Å². The van der Waals surface area contributed by atoms with Crippen LogP contribution in [0.2, 0.25) is 0 Å². The molecule has 3 aromatic heterocycles. The van der Waals surface area contributed by atoms with E-state index >= 15 is 0 Å². The number of rotatable bonds is 20. The third-order valence-electron chi connectivity index (χ3n) is 7.17. The molecule has 13 heteroatoms. The highest BCUT2D eigenvalue weighted by Gasteiger charge is 2.19. The zero-order valence-electron chi connectivity index (χ0n) is 25.7. The number of nitrogens with two attached hydrogens (primary N) is 2. The quantitative estimate of drug-likeness (QED) is 0.123. The summed E-state index contributed by atoms with van der Waals surface area (Å²) >= 11 is 0. The maximum absolute atomic E-state index is 6.28. The van der Waals surface area contributed by atoms with Crippen molar-refractivity contribution in [3.63, 3.8) is 0 Å². The van der Waals surface area contributed by atoms with Gasteiger partial charge in [0.15, 0.2) is 5.82 Å². The normalized spacial score (nSPS) is 12.3. The number of nitrogen functional groups attached to an aromatic ring is 1. The molecule has 0 fully saturated rings. The molecule has 2 aromatic carbocycles. The summed E-state index contributed by atoms with van der Waals surface area (Å²) in [5.74, 6) is 1.21. The zero-order valence-corrected chi connectivity index (χ0v) is 25.7. The third-order valence-corrected chi connectivity index (χ3v) is 7.17. The number of pyridine rings is 1. The summed E-state index contributed by atoms with van der Waals surface area (Å²) < 4.78 is 32.1. The summed E-state index contributed by atoms with van der Waals surface area (Å²) in [4.78, 5) is 9.16. The van der Waals surface area contributed by atoms with Crippen molar-refractivity contribution in [3.8, 4) is 5.75 Å². The van der Waals surface area contributed by atoms with Gasteiger partial charge in [0.05, 0.1) is 82.4 Å². The van der Waals surface area contributed by atoms with Crippen molar-refractivity contribution in [2.24, 2.45) is 5.73 Å². The molecule has 0 aliphatic carbocycles. The lowest BCUT2D eigenvalue weighted by Crippen LogP contribution is -2.18. The van der Waals surface area contributed by atoms with Gasteiger partial charge in [-0.1, -0.05) is 35.5 Å². The van der Waals surface area contributed by atoms with E-state index in [-0.39, 0.29) is 6.04 Å². The molecule has 3 heterocycles. The predicted molar refractivity (Wildman–Crippen MR) is 171 cm³/mol. The molecule has 0 saturated heterocycles. The number of aromatic nitrogens is 6. The van der Waals surface area contributed by atoms with E-state index in [1.54, 1.807) is 4.68 Å². The van der Waals surface area contributed by atoms with Crippen LogP contribution in [0.1, 0.15) is 24.2 Å². The number of hydrogen-bond donors (Lipinski definition) is 2. The van der Waals surface area contributed by atoms with Gasteiger partial charge in [-0.15, -0.1) is 5.10 Å². The lowest BCUT2D eigenvalue weighted by atomic mass is 10.1. The molecule has 0 bridgehead atoms. The fourth-order valence-electron chi connectivity index (χ4n) is 5.00. The highest BCUT2D eigenvalue weighted by molar-refractivity contribution is 6.06. The minimum absolute atomic E-state index is 0.0195. The Hall–Kier alpha value is -4.14. The second kappa shape index (κ2) is 16.8. The summed E-state index contributed by atoms with van der Waals surface area (Å²) in [6, 6.07) is 16.2. The van der Waals surface area contributed by atoms with Crippen molar-refractivity contribution in [3.05, 3.63) is 72.3 Å². The van der Waals surface area contributed by atoms with E-state index < -0.39 is 0 Å². The molecule has 0 radical (unpaired) electrons. The van der Waals surface area contributed by atoms with Crippen molar-refractivity contribution in [2.45, 2.75) is 32.5 Å². The van der Waals surface area contributed by atoms with Gasteiger partial charge in [0.2, 0.25) is 0 Å². The number of anilines is 1.